The summed E-state index contributed by atoms with van der Waals surface area (Å²) in [5, 5.41) is 5.97. The van der Waals surface area contributed by atoms with Crippen LogP contribution in [0.5, 0.6) is 5.75 Å². The van der Waals surface area contributed by atoms with E-state index in [2.05, 4.69) is 10.6 Å². The van der Waals surface area contributed by atoms with Gasteiger partial charge in [0.25, 0.3) is 0 Å². The number of carbonyl (C=O) groups excluding carboxylic acids is 1. The van der Waals surface area contributed by atoms with E-state index in [1.165, 1.54) is 5.56 Å². The molecule has 4 nitrogen and oxygen atoms in total. The Labute approximate surface area is 125 Å². The predicted octanol–water partition coefficient (Wildman–Crippen LogP) is 2.73. The van der Waals surface area contributed by atoms with Crippen molar-refractivity contribution in [2.75, 3.05) is 19.0 Å². The first-order valence-electron chi connectivity index (χ1n) is 6.87. The highest BCUT2D eigenvalue weighted by atomic mass is 16.5. The molecule has 2 aromatic rings. The van der Waals surface area contributed by atoms with E-state index in [4.69, 9.17) is 4.74 Å². The van der Waals surface area contributed by atoms with Crippen LogP contribution in [0, 0.1) is 6.92 Å². The van der Waals surface area contributed by atoms with Crippen molar-refractivity contribution in [3.8, 4) is 5.75 Å². The van der Waals surface area contributed by atoms with Gasteiger partial charge in [0, 0.05) is 12.2 Å². The van der Waals surface area contributed by atoms with Crippen molar-refractivity contribution in [3.63, 3.8) is 0 Å². The molecule has 0 bridgehead atoms. The molecule has 0 radical (unpaired) electrons. The summed E-state index contributed by atoms with van der Waals surface area (Å²) in [7, 11) is 1.63. The van der Waals surface area contributed by atoms with Gasteiger partial charge in [-0.05, 0) is 36.8 Å². The Morgan fingerprint density at radius 1 is 1.05 bits per heavy atom. The van der Waals surface area contributed by atoms with Crippen LogP contribution in [0.15, 0.2) is 48.5 Å². The molecular formula is C17H20N2O2. The minimum absolute atomic E-state index is 0.0357. The van der Waals surface area contributed by atoms with Gasteiger partial charge >= 0.3 is 0 Å². The second-order valence-corrected chi connectivity index (χ2v) is 4.84. The van der Waals surface area contributed by atoms with Crippen LogP contribution in [-0.4, -0.2) is 19.6 Å². The number of ether oxygens (including phenoxy) is 1. The lowest BCUT2D eigenvalue weighted by molar-refractivity contribution is -0.119. The molecule has 2 aromatic carbocycles. The number of carbonyl (C=O) groups is 1. The highest BCUT2D eigenvalue weighted by Gasteiger charge is 2.01. The molecule has 0 aliphatic carbocycles. The number of hydrogen-bond acceptors (Lipinski definition) is 3. The Bertz CT molecular complexity index is 577. The van der Waals surface area contributed by atoms with E-state index in [1.807, 2.05) is 55.5 Å². The maximum absolute atomic E-state index is 11.8. The van der Waals surface area contributed by atoms with Gasteiger partial charge in [0.1, 0.15) is 5.75 Å². The van der Waals surface area contributed by atoms with Crippen molar-refractivity contribution >= 4 is 11.6 Å². The standard InChI is InChI=1S/C17H20N2O2/c1-13-3-7-15(8-4-13)18-12-17(20)19-11-14-5-9-16(21-2)10-6-14/h3-10,18H,11-12H2,1-2H3,(H,19,20). The average molecular weight is 284 g/mol. The predicted molar refractivity (Wildman–Crippen MR) is 84.5 cm³/mol. The third-order valence-electron chi connectivity index (χ3n) is 3.15. The highest BCUT2D eigenvalue weighted by molar-refractivity contribution is 5.80. The first-order chi connectivity index (χ1) is 10.2. The van der Waals surface area contributed by atoms with Crippen molar-refractivity contribution in [1.82, 2.24) is 5.32 Å². The molecule has 0 aromatic heterocycles. The van der Waals surface area contributed by atoms with Crippen LogP contribution in [0.3, 0.4) is 0 Å². The molecule has 4 heteroatoms. The van der Waals surface area contributed by atoms with Crippen LogP contribution in [0.4, 0.5) is 5.69 Å². The van der Waals surface area contributed by atoms with Crippen LogP contribution in [0.25, 0.3) is 0 Å². The number of benzene rings is 2. The van der Waals surface area contributed by atoms with Crippen LogP contribution in [0.2, 0.25) is 0 Å². The SMILES string of the molecule is COc1ccc(CNC(=O)CNc2ccc(C)cc2)cc1. The summed E-state index contributed by atoms with van der Waals surface area (Å²) in [6.07, 6.45) is 0. The van der Waals surface area contributed by atoms with Crippen LogP contribution in [0.1, 0.15) is 11.1 Å². The molecule has 0 unspecified atom stereocenters. The smallest absolute Gasteiger partial charge is 0.239 e. The molecule has 0 aliphatic rings. The maximum atomic E-state index is 11.8. The van der Waals surface area contributed by atoms with Gasteiger partial charge in [-0.25, -0.2) is 0 Å². The zero-order chi connectivity index (χ0) is 15.1. The van der Waals surface area contributed by atoms with Gasteiger partial charge in [-0.3, -0.25) is 4.79 Å². The minimum Gasteiger partial charge on any atom is -0.497 e. The van der Waals surface area contributed by atoms with Crippen LogP contribution >= 0.6 is 0 Å². The minimum atomic E-state index is -0.0357. The third kappa shape index (κ3) is 4.84. The maximum Gasteiger partial charge on any atom is 0.239 e. The van der Waals surface area contributed by atoms with Gasteiger partial charge in [-0.15, -0.1) is 0 Å². The molecule has 0 spiro atoms. The molecule has 0 saturated carbocycles. The average Bonchev–Trinajstić information content (AvgIpc) is 2.53. The molecular weight excluding hydrogens is 264 g/mol. The number of rotatable bonds is 6. The Balaban J connectivity index is 1.75. The molecule has 21 heavy (non-hydrogen) atoms. The van der Waals surface area contributed by atoms with Crippen molar-refractivity contribution < 1.29 is 9.53 Å². The summed E-state index contributed by atoms with van der Waals surface area (Å²) in [6, 6.07) is 15.6. The van der Waals surface area contributed by atoms with Crippen LogP contribution in [-0.2, 0) is 11.3 Å². The van der Waals surface area contributed by atoms with Gasteiger partial charge in [0.05, 0.1) is 13.7 Å². The van der Waals surface area contributed by atoms with Crippen molar-refractivity contribution in [1.29, 1.82) is 0 Å². The topological polar surface area (TPSA) is 50.4 Å². The Hall–Kier alpha value is -2.49. The Kier molecular flexibility index (Phi) is 5.21. The zero-order valence-electron chi connectivity index (χ0n) is 12.3. The van der Waals surface area contributed by atoms with E-state index in [0.29, 0.717) is 6.54 Å². The molecule has 0 aliphatic heterocycles. The molecule has 1 amide bonds. The summed E-state index contributed by atoms with van der Waals surface area (Å²) in [5.41, 5.74) is 3.18. The largest absolute Gasteiger partial charge is 0.497 e. The monoisotopic (exact) mass is 284 g/mol. The summed E-state index contributed by atoms with van der Waals surface area (Å²) in [5.74, 6) is 0.775. The molecule has 0 saturated heterocycles. The van der Waals surface area contributed by atoms with Gasteiger partial charge < -0.3 is 15.4 Å². The van der Waals surface area contributed by atoms with Crippen molar-refractivity contribution in [2.24, 2.45) is 0 Å². The fourth-order valence-corrected chi connectivity index (χ4v) is 1.86. The van der Waals surface area contributed by atoms with Gasteiger partial charge in [-0.2, -0.15) is 0 Å². The van der Waals surface area contributed by atoms with Crippen LogP contribution < -0.4 is 15.4 Å². The molecule has 0 atom stereocenters. The summed E-state index contributed by atoms with van der Waals surface area (Å²) in [6.45, 7) is 2.81. The zero-order valence-corrected chi connectivity index (χ0v) is 12.3. The van der Waals surface area contributed by atoms with Gasteiger partial charge in [0.15, 0.2) is 0 Å². The van der Waals surface area contributed by atoms with E-state index in [1.54, 1.807) is 7.11 Å². The fraction of sp³-hybridized carbons (Fsp3) is 0.235. The van der Waals surface area contributed by atoms with E-state index in [0.717, 1.165) is 17.0 Å². The first-order valence-corrected chi connectivity index (χ1v) is 6.87. The second-order valence-electron chi connectivity index (χ2n) is 4.84. The van der Waals surface area contributed by atoms with E-state index < -0.39 is 0 Å². The Morgan fingerprint density at radius 3 is 2.33 bits per heavy atom. The first kappa shape index (κ1) is 14.9. The lowest BCUT2D eigenvalue weighted by Crippen LogP contribution is -2.29. The highest BCUT2D eigenvalue weighted by Crippen LogP contribution is 2.11. The summed E-state index contributed by atoms with van der Waals surface area (Å²) >= 11 is 0. The molecule has 0 heterocycles. The fourth-order valence-electron chi connectivity index (χ4n) is 1.86. The van der Waals surface area contributed by atoms with E-state index >= 15 is 0 Å². The second kappa shape index (κ2) is 7.33. The summed E-state index contributed by atoms with van der Waals surface area (Å²) in [4.78, 5) is 11.8. The van der Waals surface area contributed by atoms with E-state index in [-0.39, 0.29) is 12.5 Å². The molecule has 2 rings (SSSR count). The lowest BCUT2D eigenvalue weighted by atomic mass is 10.2. The number of aryl methyl sites for hydroxylation is 1. The van der Waals surface area contributed by atoms with Crippen molar-refractivity contribution in [3.05, 3.63) is 59.7 Å². The number of anilines is 1. The number of methoxy groups -OCH3 is 1. The molecule has 2 N–H and O–H groups in total. The van der Waals surface area contributed by atoms with Crippen molar-refractivity contribution in [2.45, 2.75) is 13.5 Å². The van der Waals surface area contributed by atoms with E-state index in [9.17, 15) is 4.79 Å². The molecule has 110 valence electrons. The number of hydrogen-bond donors (Lipinski definition) is 2. The number of nitrogens with one attached hydrogen (secondary N) is 2. The number of amides is 1. The quantitative estimate of drug-likeness (QED) is 0.857. The molecule has 0 fully saturated rings. The van der Waals surface area contributed by atoms with Gasteiger partial charge in [-0.1, -0.05) is 29.8 Å². The lowest BCUT2D eigenvalue weighted by Gasteiger charge is -2.08. The normalized spacial score (nSPS) is 10.0. The third-order valence-corrected chi connectivity index (χ3v) is 3.15. The Morgan fingerprint density at radius 2 is 1.71 bits per heavy atom. The van der Waals surface area contributed by atoms with Gasteiger partial charge in [0.2, 0.25) is 5.91 Å². The summed E-state index contributed by atoms with van der Waals surface area (Å²) < 4.78 is 5.09.